The molecule has 0 aromatic carbocycles. The molecule has 1 aliphatic heterocycles. The number of carbonyl (C=O) groups is 1. The van der Waals surface area contributed by atoms with Crippen molar-refractivity contribution in [3.8, 4) is 0 Å². The Morgan fingerprint density at radius 3 is 2.09 bits per heavy atom. The average Bonchev–Trinajstić information content (AvgIpc) is 2.44. The lowest BCUT2D eigenvalue weighted by molar-refractivity contribution is -0.148. The minimum Gasteiger partial charge on any atom is -0.463 e. The molecule has 0 aromatic heterocycles. The number of hydrogen-bond acceptors (Lipinski definition) is 4. The van der Waals surface area contributed by atoms with Crippen molar-refractivity contribution in [1.82, 2.24) is 4.72 Å². The summed E-state index contributed by atoms with van der Waals surface area (Å²) in [6.45, 7) is 1.89. The molecule has 23 heavy (non-hydrogen) atoms. The van der Waals surface area contributed by atoms with Crippen molar-refractivity contribution < 1.29 is 17.9 Å². The van der Waals surface area contributed by atoms with Crippen molar-refractivity contribution in [3.63, 3.8) is 0 Å². The summed E-state index contributed by atoms with van der Waals surface area (Å²) < 4.78 is 31.1. The van der Waals surface area contributed by atoms with Crippen LogP contribution in [-0.2, 0) is 19.6 Å². The van der Waals surface area contributed by atoms with Gasteiger partial charge in [-0.05, 0) is 32.6 Å². The van der Waals surface area contributed by atoms with Gasteiger partial charge in [0.2, 0.25) is 10.0 Å². The van der Waals surface area contributed by atoms with Gasteiger partial charge >= 0.3 is 5.97 Å². The molecule has 1 aliphatic rings. The number of nitrogens with one attached hydrogen (secondary N) is 1. The monoisotopic (exact) mass is 347 g/mol. The lowest BCUT2D eigenvalue weighted by atomic mass is 10.0. The summed E-state index contributed by atoms with van der Waals surface area (Å²) in [5, 5.41) is 0. The minimum absolute atomic E-state index is 0.0564. The lowest BCUT2D eigenvalue weighted by Gasteiger charge is -2.20. The first-order valence-electron chi connectivity index (χ1n) is 9.03. The third-order valence-electron chi connectivity index (χ3n) is 4.32. The molecular weight excluding hydrogens is 314 g/mol. The second-order valence-electron chi connectivity index (χ2n) is 6.83. The van der Waals surface area contributed by atoms with Crippen LogP contribution in [0.4, 0.5) is 0 Å². The van der Waals surface area contributed by atoms with Crippen LogP contribution >= 0.6 is 0 Å². The molecule has 1 heterocycles. The molecule has 0 saturated carbocycles. The van der Waals surface area contributed by atoms with Crippen LogP contribution in [0.2, 0.25) is 0 Å². The standard InChI is InChI=1S/C17H33NO4S/c1-15-13-14-16(18-23(2,20)21)11-9-7-5-3-4-6-8-10-12-17(19)22-15/h15-16,18H,3-14H2,1-2H3. The van der Waals surface area contributed by atoms with Crippen molar-refractivity contribution >= 4 is 16.0 Å². The van der Waals surface area contributed by atoms with Gasteiger partial charge in [-0.1, -0.05) is 44.9 Å². The first kappa shape index (κ1) is 20.4. The van der Waals surface area contributed by atoms with Gasteiger partial charge in [0.1, 0.15) is 0 Å². The zero-order chi connectivity index (χ0) is 17.1. The summed E-state index contributed by atoms with van der Waals surface area (Å²) in [4.78, 5) is 11.8. The number of cyclic esters (lactones) is 1. The maximum atomic E-state index is 11.8. The van der Waals surface area contributed by atoms with E-state index in [0.717, 1.165) is 32.1 Å². The molecule has 6 heteroatoms. The highest BCUT2D eigenvalue weighted by molar-refractivity contribution is 7.88. The van der Waals surface area contributed by atoms with E-state index in [9.17, 15) is 13.2 Å². The number of esters is 1. The van der Waals surface area contributed by atoms with Gasteiger partial charge in [-0.15, -0.1) is 0 Å². The Bertz CT molecular complexity index is 436. The van der Waals surface area contributed by atoms with Crippen LogP contribution in [0.5, 0.6) is 0 Å². The summed E-state index contributed by atoms with van der Waals surface area (Å²) in [7, 11) is -3.20. The van der Waals surface area contributed by atoms with Gasteiger partial charge in [-0.3, -0.25) is 4.79 Å². The fourth-order valence-corrected chi connectivity index (χ4v) is 3.91. The maximum absolute atomic E-state index is 11.8. The predicted octanol–water partition coefficient (Wildman–Crippen LogP) is 3.53. The van der Waals surface area contributed by atoms with Crippen molar-refractivity contribution in [1.29, 1.82) is 0 Å². The lowest BCUT2D eigenvalue weighted by Crippen LogP contribution is -2.34. The second-order valence-corrected chi connectivity index (χ2v) is 8.61. The molecule has 1 saturated heterocycles. The molecule has 2 atom stereocenters. The Balaban J connectivity index is 2.53. The van der Waals surface area contributed by atoms with E-state index in [-0.39, 0.29) is 18.1 Å². The van der Waals surface area contributed by atoms with Gasteiger partial charge < -0.3 is 4.74 Å². The normalized spacial score (nSPS) is 27.3. The van der Waals surface area contributed by atoms with Crippen molar-refractivity contribution in [2.45, 2.75) is 96.1 Å². The topological polar surface area (TPSA) is 72.5 Å². The van der Waals surface area contributed by atoms with Crippen LogP contribution in [0.15, 0.2) is 0 Å². The maximum Gasteiger partial charge on any atom is 0.306 e. The van der Waals surface area contributed by atoms with E-state index in [1.165, 1.54) is 31.9 Å². The first-order chi connectivity index (χ1) is 10.9. The summed E-state index contributed by atoms with van der Waals surface area (Å²) in [5.74, 6) is -0.128. The molecule has 0 aliphatic carbocycles. The number of hydrogen-bond donors (Lipinski definition) is 1. The molecule has 0 spiro atoms. The molecule has 0 radical (unpaired) electrons. The fourth-order valence-electron chi connectivity index (χ4n) is 3.06. The number of sulfonamides is 1. The largest absolute Gasteiger partial charge is 0.463 e. The molecule has 136 valence electrons. The molecule has 1 fully saturated rings. The van der Waals surface area contributed by atoms with Gasteiger partial charge in [0.05, 0.1) is 12.4 Å². The zero-order valence-electron chi connectivity index (χ0n) is 14.7. The number of rotatable bonds is 2. The summed E-state index contributed by atoms with van der Waals surface area (Å²) >= 11 is 0. The predicted molar refractivity (Wildman–Crippen MR) is 92.7 cm³/mol. The Morgan fingerprint density at radius 2 is 1.48 bits per heavy atom. The number of carbonyl (C=O) groups excluding carboxylic acids is 1. The van der Waals surface area contributed by atoms with E-state index in [4.69, 9.17) is 4.74 Å². The van der Waals surface area contributed by atoms with Crippen molar-refractivity contribution in [2.24, 2.45) is 0 Å². The third-order valence-corrected chi connectivity index (χ3v) is 5.08. The van der Waals surface area contributed by atoms with Crippen LogP contribution in [0.25, 0.3) is 0 Å². The Labute approximate surface area is 141 Å². The SMILES string of the molecule is CC1CCC(NS(C)(=O)=O)CCCCCCCCCCC(=O)O1. The molecule has 5 nitrogen and oxygen atoms in total. The van der Waals surface area contributed by atoms with E-state index < -0.39 is 10.0 Å². The van der Waals surface area contributed by atoms with Gasteiger partial charge in [0.25, 0.3) is 0 Å². The highest BCUT2D eigenvalue weighted by atomic mass is 32.2. The van der Waals surface area contributed by atoms with E-state index in [2.05, 4.69) is 4.72 Å². The van der Waals surface area contributed by atoms with Gasteiger partial charge in [-0.2, -0.15) is 0 Å². The Hall–Kier alpha value is -0.620. The van der Waals surface area contributed by atoms with Gasteiger partial charge in [0.15, 0.2) is 0 Å². The molecule has 0 aromatic rings. The molecule has 0 amide bonds. The zero-order valence-corrected chi connectivity index (χ0v) is 15.5. The van der Waals surface area contributed by atoms with Crippen LogP contribution in [0.3, 0.4) is 0 Å². The van der Waals surface area contributed by atoms with E-state index in [0.29, 0.717) is 19.3 Å². The molecule has 1 rings (SSSR count). The quantitative estimate of drug-likeness (QED) is 0.776. The summed E-state index contributed by atoms with van der Waals surface area (Å²) in [6, 6.07) is -0.0564. The smallest absolute Gasteiger partial charge is 0.306 e. The first-order valence-corrected chi connectivity index (χ1v) is 10.9. The Morgan fingerprint density at radius 1 is 0.913 bits per heavy atom. The van der Waals surface area contributed by atoms with Crippen molar-refractivity contribution in [3.05, 3.63) is 0 Å². The summed E-state index contributed by atoms with van der Waals surface area (Å²) in [5.41, 5.74) is 0. The Kier molecular flexibility index (Phi) is 9.79. The van der Waals surface area contributed by atoms with E-state index in [1.54, 1.807) is 0 Å². The molecule has 0 bridgehead atoms. The summed E-state index contributed by atoms with van der Waals surface area (Å²) in [6.07, 6.45) is 12.9. The fraction of sp³-hybridized carbons (Fsp3) is 0.941. The van der Waals surface area contributed by atoms with E-state index in [1.807, 2.05) is 6.92 Å². The van der Waals surface area contributed by atoms with Crippen LogP contribution < -0.4 is 4.72 Å². The van der Waals surface area contributed by atoms with Crippen LogP contribution in [0.1, 0.15) is 84.0 Å². The van der Waals surface area contributed by atoms with Crippen LogP contribution in [0, 0.1) is 0 Å². The molecular formula is C17H33NO4S. The third kappa shape index (κ3) is 11.5. The average molecular weight is 348 g/mol. The van der Waals surface area contributed by atoms with Crippen molar-refractivity contribution in [2.75, 3.05) is 6.26 Å². The van der Waals surface area contributed by atoms with Gasteiger partial charge in [0, 0.05) is 12.5 Å². The van der Waals surface area contributed by atoms with Crippen LogP contribution in [-0.4, -0.2) is 32.8 Å². The highest BCUT2D eigenvalue weighted by Gasteiger charge is 2.17. The number of ether oxygens (including phenoxy) is 1. The molecule has 2 unspecified atom stereocenters. The molecule has 1 N–H and O–H groups in total. The highest BCUT2D eigenvalue weighted by Crippen LogP contribution is 2.16. The minimum atomic E-state index is -3.20. The van der Waals surface area contributed by atoms with Gasteiger partial charge in [-0.25, -0.2) is 13.1 Å². The second kappa shape index (κ2) is 11.0. The van der Waals surface area contributed by atoms with E-state index >= 15 is 0 Å².